The van der Waals surface area contributed by atoms with Crippen LogP contribution in [0.15, 0.2) is 0 Å². The van der Waals surface area contributed by atoms with Crippen LogP contribution in [0.4, 0.5) is 0 Å². The van der Waals surface area contributed by atoms with Gasteiger partial charge in [-0.1, -0.05) is 47.0 Å². The summed E-state index contributed by atoms with van der Waals surface area (Å²) in [4.78, 5) is 0. The molecule has 0 aromatic rings. The Morgan fingerprint density at radius 3 is 1.77 bits per heavy atom. The fourth-order valence-corrected chi connectivity index (χ4v) is 2.30. The molecule has 0 aliphatic rings. The number of hydrogen-bond acceptors (Lipinski definition) is 1. The van der Waals surface area contributed by atoms with Crippen molar-refractivity contribution in [1.29, 1.82) is 0 Å². The molecule has 80 valence electrons. The topological polar surface area (TPSA) is 26.0 Å². The largest absolute Gasteiger partial charge is 0.327 e. The van der Waals surface area contributed by atoms with Crippen molar-refractivity contribution in [2.45, 2.75) is 72.3 Å². The molecule has 1 atom stereocenters. The molecule has 2 N–H and O–H groups in total. The Labute approximate surface area is 84.1 Å². The summed E-state index contributed by atoms with van der Waals surface area (Å²) in [5.74, 6) is 0. The summed E-state index contributed by atoms with van der Waals surface area (Å²) in [7, 11) is 0. The van der Waals surface area contributed by atoms with Gasteiger partial charge in [0.05, 0.1) is 0 Å². The lowest BCUT2D eigenvalue weighted by atomic mass is 9.74. The summed E-state index contributed by atoms with van der Waals surface area (Å²) in [6.07, 6.45) is 7.46. The van der Waals surface area contributed by atoms with E-state index >= 15 is 0 Å². The van der Waals surface area contributed by atoms with Gasteiger partial charge in [-0.2, -0.15) is 0 Å². The van der Waals surface area contributed by atoms with Gasteiger partial charge in [-0.05, 0) is 24.7 Å². The second kappa shape index (κ2) is 6.42. The second-order valence-corrected chi connectivity index (χ2v) is 4.55. The van der Waals surface area contributed by atoms with Crippen molar-refractivity contribution in [3.05, 3.63) is 0 Å². The van der Waals surface area contributed by atoms with Gasteiger partial charge in [0.25, 0.3) is 0 Å². The lowest BCUT2D eigenvalue weighted by Crippen LogP contribution is -2.39. The van der Waals surface area contributed by atoms with Crippen LogP contribution in [0.5, 0.6) is 0 Å². The maximum absolute atomic E-state index is 6.23. The van der Waals surface area contributed by atoms with Crippen LogP contribution in [0.25, 0.3) is 0 Å². The average molecular weight is 185 g/mol. The predicted octanol–water partition coefficient (Wildman–Crippen LogP) is 3.72. The van der Waals surface area contributed by atoms with Gasteiger partial charge in [0.1, 0.15) is 0 Å². The fraction of sp³-hybridized carbons (Fsp3) is 1.00. The van der Waals surface area contributed by atoms with Gasteiger partial charge in [-0.25, -0.2) is 0 Å². The van der Waals surface area contributed by atoms with E-state index in [1.165, 1.54) is 38.5 Å². The van der Waals surface area contributed by atoms with Crippen LogP contribution in [-0.2, 0) is 0 Å². The van der Waals surface area contributed by atoms with Crippen LogP contribution in [0.2, 0.25) is 0 Å². The van der Waals surface area contributed by atoms with Crippen molar-refractivity contribution in [1.82, 2.24) is 0 Å². The van der Waals surface area contributed by atoms with E-state index in [-0.39, 0.29) is 0 Å². The van der Waals surface area contributed by atoms with Gasteiger partial charge in [0.15, 0.2) is 0 Å². The van der Waals surface area contributed by atoms with E-state index in [4.69, 9.17) is 5.73 Å². The van der Waals surface area contributed by atoms with Crippen molar-refractivity contribution in [3.63, 3.8) is 0 Å². The highest BCUT2D eigenvalue weighted by Gasteiger charge is 2.28. The smallest absolute Gasteiger partial charge is 0.00928 e. The normalized spacial score (nSPS) is 14.5. The van der Waals surface area contributed by atoms with Crippen molar-refractivity contribution in [3.8, 4) is 0 Å². The highest BCUT2D eigenvalue weighted by atomic mass is 14.7. The summed E-state index contributed by atoms with van der Waals surface area (Å²) >= 11 is 0. The molecule has 0 rings (SSSR count). The molecule has 0 spiro atoms. The molecule has 0 aliphatic carbocycles. The molecule has 13 heavy (non-hydrogen) atoms. The Morgan fingerprint density at radius 1 is 1.00 bits per heavy atom. The first kappa shape index (κ1) is 13.0. The van der Waals surface area contributed by atoms with Gasteiger partial charge in [0, 0.05) is 6.04 Å². The van der Waals surface area contributed by atoms with E-state index in [0.717, 1.165) is 0 Å². The quantitative estimate of drug-likeness (QED) is 0.642. The van der Waals surface area contributed by atoms with E-state index in [9.17, 15) is 0 Å². The van der Waals surface area contributed by atoms with Crippen LogP contribution in [-0.4, -0.2) is 6.04 Å². The molecule has 1 nitrogen and oxygen atoms in total. The Morgan fingerprint density at radius 2 is 1.46 bits per heavy atom. The third-order valence-corrected chi connectivity index (χ3v) is 3.14. The molecule has 0 aromatic heterocycles. The Kier molecular flexibility index (Phi) is 6.40. The minimum atomic E-state index is 0.388. The molecular weight excluding hydrogens is 158 g/mol. The van der Waals surface area contributed by atoms with E-state index in [1.54, 1.807) is 0 Å². The standard InChI is InChI=1S/C12H27N/c1-5-8-11(13)12(4,9-6-2)10-7-3/h11H,5-10,13H2,1-4H3. The molecular formula is C12H27N. The zero-order valence-electron chi connectivity index (χ0n) is 9.90. The molecule has 0 bridgehead atoms. The lowest BCUT2D eigenvalue weighted by molar-refractivity contribution is 0.198. The van der Waals surface area contributed by atoms with Gasteiger partial charge in [-0.3, -0.25) is 0 Å². The van der Waals surface area contributed by atoms with Crippen molar-refractivity contribution in [2.24, 2.45) is 11.1 Å². The monoisotopic (exact) mass is 185 g/mol. The molecule has 0 aromatic carbocycles. The summed E-state index contributed by atoms with van der Waals surface area (Å²) < 4.78 is 0. The molecule has 0 radical (unpaired) electrons. The second-order valence-electron chi connectivity index (χ2n) is 4.55. The maximum Gasteiger partial charge on any atom is 0.00928 e. The van der Waals surface area contributed by atoms with Crippen molar-refractivity contribution >= 4 is 0 Å². The molecule has 1 heteroatoms. The van der Waals surface area contributed by atoms with E-state index in [1.807, 2.05) is 0 Å². The van der Waals surface area contributed by atoms with Crippen LogP contribution in [0.1, 0.15) is 66.2 Å². The van der Waals surface area contributed by atoms with E-state index in [0.29, 0.717) is 11.5 Å². The summed E-state index contributed by atoms with van der Waals surface area (Å²) in [6, 6.07) is 0.400. The van der Waals surface area contributed by atoms with Crippen LogP contribution < -0.4 is 5.73 Å². The molecule has 1 unspecified atom stereocenters. The van der Waals surface area contributed by atoms with Gasteiger partial charge in [-0.15, -0.1) is 0 Å². The zero-order chi connectivity index (χ0) is 10.3. The minimum absolute atomic E-state index is 0.388. The first-order chi connectivity index (χ1) is 6.10. The zero-order valence-corrected chi connectivity index (χ0v) is 9.90. The first-order valence-electron chi connectivity index (χ1n) is 5.86. The highest BCUT2D eigenvalue weighted by Crippen LogP contribution is 2.33. The summed E-state index contributed by atoms with van der Waals surface area (Å²) in [6.45, 7) is 9.09. The van der Waals surface area contributed by atoms with E-state index in [2.05, 4.69) is 27.7 Å². The molecule has 0 amide bonds. The van der Waals surface area contributed by atoms with Crippen LogP contribution in [0, 0.1) is 5.41 Å². The Bertz CT molecular complexity index is 114. The molecule has 0 fully saturated rings. The molecule has 0 aliphatic heterocycles. The van der Waals surface area contributed by atoms with Gasteiger partial charge in [0.2, 0.25) is 0 Å². The summed E-state index contributed by atoms with van der Waals surface area (Å²) in [5, 5.41) is 0. The average Bonchev–Trinajstić information content (AvgIpc) is 2.05. The fourth-order valence-electron chi connectivity index (χ4n) is 2.30. The van der Waals surface area contributed by atoms with Crippen molar-refractivity contribution < 1.29 is 0 Å². The lowest BCUT2D eigenvalue weighted by Gasteiger charge is -2.35. The van der Waals surface area contributed by atoms with Gasteiger partial charge >= 0.3 is 0 Å². The maximum atomic E-state index is 6.23. The molecule has 0 saturated heterocycles. The minimum Gasteiger partial charge on any atom is -0.327 e. The van der Waals surface area contributed by atoms with E-state index < -0.39 is 0 Å². The number of hydrogen-bond donors (Lipinski definition) is 1. The Hall–Kier alpha value is -0.0400. The third-order valence-electron chi connectivity index (χ3n) is 3.14. The number of nitrogens with two attached hydrogens (primary N) is 1. The number of rotatable bonds is 7. The third kappa shape index (κ3) is 4.12. The van der Waals surface area contributed by atoms with Crippen molar-refractivity contribution in [2.75, 3.05) is 0 Å². The first-order valence-corrected chi connectivity index (χ1v) is 5.86. The van der Waals surface area contributed by atoms with Crippen LogP contribution in [0.3, 0.4) is 0 Å². The molecule has 0 saturated carbocycles. The van der Waals surface area contributed by atoms with Crippen LogP contribution >= 0.6 is 0 Å². The highest BCUT2D eigenvalue weighted by molar-refractivity contribution is 4.84. The summed E-state index contributed by atoms with van der Waals surface area (Å²) in [5.41, 5.74) is 6.62. The predicted molar refractivity (Wildman–Crippen MR) is 60.8 cm³/mol. The van der Waals surface area contributed by atoms with Gasteiger partial charge < -0.3 is 5.73 Å². The Balaban J connectivity index is 4.18. The molecule has 0 heterocycles. The SMILES string of the molecule is CCCC(N)C(C)(CCC)CCC.